The summed E-state index contributed by atoms with van der Waals surface area (Å²) in [5.74, 6) is -0.513. The van der Waals surface area contributed by atoms with Gasteiger partial charge in [-0.2, -0.15) is 10.2 Å². The molecule has 0 spiro atoms. The van der Waals surface area contributed by atoms with Gasteiger partial charge in [-0.15, -0.1) is 0 Å². The van der Waals surface area contributed by atoms with Crippen LogP contribution in [0.25, 0.3) is 28.0 Å². The Morgan fingerprint density at radius 1 is 1.15 bits per heavy atom. The van der Waals surface area contributed by atoms with Crippen molar-refractivity contribution in [3.8, 4) is 16.9 Å². The second kappa shape index (κ2) is 5.98. The zero-order valence-electron chi connectivity index (χ0n) is 14.0. The molecule has 0 bridgehead atoms. The fourth-order valence-corrected chi connectivity index (χ4v) is 2.99. The van der Waals surface area contributed by atoms with Crippen molar-refractivity contribution in [1.82, 2.24) is 24.5 Å². The highest BCUT2D eigenvalue weighted by Gasteiger charge is 2.21. The third-order valence-electron chi connectivity index (χ3n) is 4.18. The molecular weight excluding hydrogens is 343 g/mol. The SMILES string of the molecule is Cc1nn(C)cc1-c1cc(C(F)F)c2cnn(-c3ccccc3F)c2n1. The van der Waals surface area contributed by atoms with E-state index in [0.29, 0.717) is 17.0 Å². The van der Waals surface area contributed by atoms with E-state index in [1.54, 1.807) is 37.0 Å². The zero-order chi connectivity index (χ0) is 18.4. The van der Waals surface area contributed by atoms with E-state index in [1.165, 1.54) is 29.1 Å². The van der Waals surface area contributed by atoms with Crippen LogP contribution in [-0.4, -0.2) is 24.5 Å². The van der Waals surface area contributed by atoms with E-state index in [2.05, 4.69) is 15.2 Å². The van der Waals surface area contributed by atoms with Crippen LogP contribution in [0.5, 0.6) is 0 Å². The summed E-state index contributed by atoms with van der Waals surface area (Å²) >= 11 is 0. The van der Waals surface area contributed by atoms with Gasteiger partial charge in [-0.25, -0.2) is 22.8 Å². The average molecular weight is 357 g/mol. The lowest BCUT2D eigenvalue weighted by molar-refractivity contribution is 0.153. The van der Waals surface area contributed by atoms with Crippen LogP contribution in [0.3, 0.4) is 0 Å². The van der Waals surface area contributed by atoms with Crippen molar-refractivity contribution in [1.29, 1.82) is 0 Å². The second-order valence-electron chi connectivity index (χ2n) is 5.94. The van der Waals surface area contributed by atoms with Gasteiger partial charge in [-0.1, -0.05) is 12.1 Å². The predicted octanol–water partition coefficient (Wildman–Crippen LogP) is 4.21. The quantitative estimate of drug-likeness (QED) is 0.552. The van der Waals surface area contributed by atoms with E-state index in [0.717, 1.165) is 0 Å². The Kier molecular flexibility index (Phi) is 3.75. The molecule has 0 aliphatic rings. The third-order valence-corrected chi connectivity index (χ3v) is 4.18. The number of aryl methyl sites for hydroxylation is 2. The Balaban J connectivity index is 2.03. The number of hydrogen-bond donors (Lipinski definition) is 0. The molecular formula is C18H14F3N5. The number of aromatic nitrogens is 5. The topological polar surface area (TPSA) is 48.5 Å². The first-order valence-corrected chi connectivity index (χ1v) is 7.88. The number of benzene rings is 1. The molecule has 5 nitrogen and oxygen atoms in total. The molecule has 26 heavy (non-hydrogen) atoms. The molecule has 0 unspecified atom stereocenters. The van der Waals surface area contributed by atoms with E-state index in [1.807, 2.05) is 0 Å². The molecule has 132 valence electrons. The number of hydrogen-bond acceptors (Lipinski definition) is 3. The van der Waals surface area contributed by atoms with Crippen molar-refractivity contribution < 1.29 is 13.2 Å². The van der Waals surface area contributed by atoms with E-state index < -0.39 is 12.2 Å². The van der Waals surface area contributed by atoms with Gasteiger partial charge in [0, 0.05) is 29.8 Å². The first-order chi connectivity index (χ1) is 12.5. The monoisotopic (exact) mass is 357 g/mol. The van der Waals surface area contributed by atoms with Crippen molar-refractivity contribution in [2.75, 3.05) is 0 Å². The third kappa shape index (κ3) is 2.54. The molecule has 3 heterocycles. The van der Waals surface area contributed by atoms with Gasteiger partial charge in [0.15, 0.2) is 5.65 Å². The van der Waals surface area contributed by atoms with Gasteiger partial charge in [0.1, 0.15) is 11.5 Å². The van der Waals surface area contributed by atoms with Gasteiger partial charge in [0.2, 0.25) is 0 Å². The Hall–Kier alpha value is -3.16. The van der Waals surface area contributed by atoms with E-state index in [9.17, 15) is 13.2 Å². The molecule has 4 rings (SSSR count). The number of rotatable bonds is 3. The summed E-state index contributed by atoms with van der Waals surface area (Å²) in [6, 6.07) is 7.34. The highest BCUT2D eigenvalue weighted by atomic mass is 19.3. The van der Waals surface area contributed by atoms with Crippen LogP contribution in [0.1, 0.15) is 17.7 Å². The molecule has 4 aromatic rings. The van der Waals surface area contributed by atoms with Gasteiger partial charge in [-0.3, -0.25) is 4.68 Å². The van der Waals surface area contributed by atoms with Crippen LogP contribution in [-0.2, 0) is 7.05 Å². The predicted molar refractivity (Wildman–Crippen MR) is 90.7 cm³/mol. The molecule has 0 atom stereocenters. The summed E-state index contributed by atoms with van der Waals surface area (Å²) in [5.41, 5.74) is 1.77. The first kappa shape index (κ1) is 16.3. The molecule has 0 N–H and O–H groups in total. The van der Waals surface area contributed by atoms with E-state index >= 15 is 0 Å². The molecule has 0 fully saturated rings. The van der Waals surface area contributed by atoms with Gasteiger partial charge < -0.3 is 0 Å². The summed E-state index contributed by atoms with van der Waals surface area (Å²) in [5, 5.41) is 8.51. The minimum Gasteiger partial charge on any atom is -0.275 e. The summed E-state index contributed by atoms with van der Waals surface area (Å²) in [7, 11) is 1.74. The Morgan fingerprint density at radius 2 is 1.92 bits per heavy atom. The summed E-state index contributed by atoms with van der Waals surface area (Å²) in [4.78, 5) is 4.49. The Labute approximate surface area is 146 Å². The summed E-state index contributed by atoms with van der Waals surface area (Å²) < 4.78 is 44.3. The molecule has 8 heteroatoms. The standard InChI is InChI=1S/C18H14F3N5/c1-10-13(9-25(2)24-10)15-7-11(17(20)21)12-8-22-26(18(12)23-15)16-6-4-3-5-14(16)19/h3-9,17H,1-2H3. The zero-order valence-corrected chi connectivity index (χ0v) is 14.0. The minimum atomic E-state index is -2.71. The van der Waals surface area contributed by atoms with Crippen molar-refractivity contribution in [3.63, 3.8) is 0 Å². The molecule has 0 radical (unpaired) electrons. The van der Waals surface area contributed by atoms with Crippen LogP contribution in [0.15, 0.2) is 42.7 Å². The van der Waals surface area contributed by atoms with Gasteiger partial charge in [0.05, 0.1) is 17.6 Å². The fraction of sp³-hybridized carbons (Fsp3) is 0.167. The molecule has 3 aromatic heterocycles. The lowest BCUT2D eigenvalue weighted by Gasteiger charge is -2.08. The van der Waals surface area contributed by atoms with Crippen molar-refractivity contribution in [2.45, 2.75) is 13.3 Å². The van der Waals surface area contributed by atoms with Gasteiger partial charge >= 0.3 is 0 Å². The first-order valence-electron chi connectivity index (χ1n) is 7.88. The summed E-state index contributed by atoms with van der Waals surface area (Å²) in [6.45, 7) is 1.78. The number of fused-ring (bicyclic) bond motifs is 1. The number of pyridine rings is 1. The van der Waals surface area contributed by atoms with Crippen LogP contribution in [0.4, 0.5) is 13.2 Å². The van der Waals surface area contributed by atoms with Crippen LogP contribution in [0, 0.1) is 12.7 Å². The second-order valence-corrected chi connectivity index (χ2v) is 5.94. The molecule has 1 aromatic carbocycles. The van der Waals surface area contributed by atoms with Gasteiger partial charge in [0.25, 0.3) is 6.43 Å². The maximum atomic E-state index is 14.2. The number of nitrogens with zero attached hydrogens (tertiary/aromatic N) is 5. The van der Waals surface area contributed by atoms with E-state index in [-0.39, 0.29) is 22.3 Å². The summed E-state index contributed by atoms with van der Waals surface area (Å²) in [6.07, 6.45) is 0.285. The maximum absolute atomic E-state index is 14.2. The molecule has 0 saturated heterocycles. The lowest BCUT2D eigenvalue weighted by Crippen LogP contribution is -2.02. The Morgan fingerprint density at radius 3 is 2.58 bits per heavy atom. The van der Waals surface area contributed by atoms with Crippen LogP contribution in [0.2, 0.25) is 0 Å². The molecule has 0 amide bonds. The number of alkyl halides is 2. The van der Waals surface area contributed by atoms with Crippen molar-refractivity contribution >= 4 is 11.0 Å². The minimum absolute atomic E-state index is 0.148. The normalized spacial score (nSPS) is 11.6. The fourth-order valence-electron chi connectivity index (χ4n) is 2.99. The maximum Gasteiger partial charge on any atom is 0.264 e. The Bertz CT molecular complexity index is 1110. The van der Waals surface area contributed by atoms with Gasteiger partial charge in [-0.05, 0) is 25.1 Å². The number of para-hydroxylation sites is 1. The smallest absolute Gasteiger partial charge is 0.264 e. The lowest BCUT2D eigenvalue weighted by atomic mass is 10.1. The van der Waals surface area contributed by atoms with Crippen molar-refractivity contribution in [3.05, 3.63) is 59.8 Å². The largest absolute Gasteiger partial charge is 0.275 e. The molecule has 0 aliphatic heterocycles. The number of halogens is 3. The molecule has 0 aliphatic carbocycles. The van der Waals surface area contributed by atoms with Crippen LogP contribution < -0.4 is 0 Å². The van der Waals surface area contributed by atoms with E-state index in [4.69, 9.17) is 0 Å². The molecule has 0 saturated carbocycles. The highest BCUT2D eigenvalue weighted by molar-refractivity contribution is 5.84. The van der Waals surface area contributed by atoms with Crippen molar-refractivity contribution in [2.24, 2.45) is 7.05 Å². The average Bonchev–Trinajstić information content (AvgIpc) is 3.17. The highest BCUT2D eigenvalue weighted by Crippen LogP contribution is 2.33. The van der Waals surface area contributed by atoms with Crippen LogP contribution >= 0.6 is 0 Å².